The quantitative estimate of drug-likeness (QED) is 0.673. The van der Waals surface area contributed by atoms with Crippen molar-refractivity contribution in [2.75, 3.05) is 19.0 Å². The molecule has 0 radical (unpaired) electrons. The maximum Gasteiger partial charge on any atom is 0.416 e. The third kappa shape index (κ3) is 5.40. The van der Waals surface area contributed by atoms with E-state index in [0.29, 0.717) is 12.8 Å². The zero-order valence-corrected chi connectivity index (χ0v) is 18.7. The monoisotopic (exact) mass is 492 g/mol. The van der Waals surface area contributed by atoms with Crippen LogP contribution in [0.15, 0.2) is 42.5 Å². The molecule has 0 unspecified atom stereocenters. The maximum absolute atomic E-state index is 13.2. The highest BCUT2D eigenvalue weighted by Gasteiger charge is 2.39. The first-order chi connectivity index (χ1) is 16.5. The fourth-order valence-electron chi connectivity index (χ4n) is 4.34. The van der Waals surface area contributed by atoms with Gasteiger partial charge in [0.15, 0.2) is 0 Å². The van der Waals surface area contributed by atoms with Crippen molar-refractivity contribution in [3.8, 4) is 5.75 Å². The summed E-state index contributed by atoms with van der Waals surface area (Å²) in [6.45, 7) is 0.0986. The second kappa shape index (κ2) is 9.57. The second-order valence-electron chi connectivity index (χ2n) is 8.51. The number of hydrogen-bond acceptors (Lipinski definition) is 5. The van der Waals surface area contributed by atoms with Crippen molar-refractivity contribution < 1.29 is 42.1 Å². The lowest BCUT2D eigenvalue weighted by atomic mass is 9.94. The van der Waals surface area contributed by atoms with E-state index in [2.05, 4.69) is 5.32 Å². The van der Waals surface area contributed by atoms with Crippen molar-refractivity contribution in [3.63, 3.8) is 0 Å². The Kier molecular flexibility index (Phi) is 6.70. The highest BCUT2D eigenvalue weighted by Crippen LogP contribution is 2.33. The van der Waals surface area contributed by atoms with Gasteiger partial charge in [0, 0.05) is 18.3 Å². The van der Waals surface area contributed by atoms with Gasteiger partial charge in [0.25, 0.3) is 11.8 Å². The molecule has 0 spiro atoms. The average Bonchev–Trinajstić information content (AvgIpc) is 2.81. The smallest absolute Gasteiger partial charge is 0.416 e. The summed E-state index contributed by atoms with van der Waals surface area (Å²) >= 11 is 0. The summed E-state index contributed by atoms with van der Waals surface area (Å²) in [6, 6.07) is 8.09. The normalized spacial score (nSPS) is 22.2. The van der Waals surface area contributed by atoms with Gasteiger partial charge < -0.3 is 24.8 Å². The minimum Gasteiger partial charge on any atom is -0.490 e. The van der Waals surface area contributed by atoms with E-state index in [1.54, 1.807) is 7.05 Å². The third-order valence-electron chi connectivity index (χ3n) is 6.12. The Bertz CT molecular complexity index is 1150. The summed E-state index contributed by atoms with van der Waals surface area (Å²) in [7, 11) is 1.61. The highest BCUT2D eigenvalue weighted by atomic mass is 19.4. The summed E-state index contributed by atoms with van der Waals surface area (Å²) in [5.41, 5.74) is -0.719. The van der Waals surface area contributed by atoms with Crippen molar-refractivity contribution in [1.82, 2.24) is 4.90 Å². The molecule has 4 rings (SSSR count). The number of anilines is 1. The topological polar surface area (TPSA) is 105 Å². The van der Waals surface area contributed by atoms with Crippen molar-refractivity contribution in [2.24, 2.45) is 0 Å². The summed E-state index contributed by atoms with van der Waals surface area (Å²) in [5, 5.41) is 11.6. The molecule has 2 heterocycles. The molecule has 1 fully saturated rings. The van der Waals surface area contributed by atoms with Gasteiger partial charge in [-0.1, -0.05) is 6.07 Å². The Morgan fingerprint density at radius 1 is 1.17 bits per heavy atom. The maximum atomic E-state index is 13.2. The van der Waals surface area contributed by atoms with Gasteiger partial charge in [-0.25, -0.2) is 0 Å². The largest absolute Gasteiger partial charge is 0.490 e. The van der Waals surface area contributed by atoms with E-state index in [1.165, 1.54) is 29.2 Å². The Hall–Kier alpha value is -3.60. The molecule has 11 heteroatoms. The Morgan fingerprint density at radius 2 is 1.94 bits per heavy atom. The van der Waals surface area contributed by atoms with Crippen molar-refractivity contribution >= 4 is 23.5 Å². The molecule has 0 saturated carbocycles. The van der Waals surface area contributed by atoms with E-state index in [9.17, 15) is 27.6 Å². The number of carboxylic acid groups (broad SMARTS) is 1. The number of carbonyl (C=O) groups is 3. The number of fused-ring (bicyclic) bond motifs is 2. The molecule has 0 bridgehead atoms. The molecule has 2 aromatic rings. The van der Waals surface area contributed by atoms with Crippen LogP contribution in [0.3, 0.4) is 0 Å². The van der Waals surface area contributed by atoms with Gasteiger partial charge in [-0.2, -0.15) is 13.2 Å². The SMILES string of the molecule is CN1C(=O)c2cc(NC(=O)c3cccc(C(F)(F)F)c3)ccc2OC[C@@H]2O[C@@H](CC(=O)O)CC[C@@H]21. The Morgan fingerprint density at radius 3 is 2.66 bits per heavy atom. The molecule has 2 aromatic carbocycles. The zero-order valence-electron chi connectivity index (χ0n) is 18.7. The number of halogens is 3. The van der Waals surface area contributed by atoms with Crippen LogP contribution in [-0.4, -0.2) is 59.7 Å². The number of likely N-dealkylation sites (N-methyl/N-ethyl adjacent to an activating group) is 1. The number of carbonyl (C=O) groups excluding carboxylic acids is 2. The molecule has 2 aliphatic heterocycles. The number of aliphatic carboxylic acids is 1. The number of benzene rings is 2. The van der Waals surface area contributed by atoms with E-state index in [-0.39, 0.29) is 47.5 Å². The number of carboxylic acids is 1. The number of hydrogen-bond donors (Lipinski definition) is 2. The van der Waals surface area contributed by atoms with Crippen LogP contribution in [0.5, 0.6) is 5.75 Å². The first-order valence-electron chi connectivity index (χ1n) is 10.9. The fraction of sp³-hybridized carbons (Fsp3) is 0.375. The van der Waals surface area contributed by atoms with Gasteiger partial charge in [0.1, 0.15) is 18.5 Å². The second-order valence-corrected chi connectivity index (χ2v) is 8.51. The average molecular weight is 492 g/mol. The molecule has 0 aromatic heterocycles. The number of amides is 2. The molecule has 1 saturated heterocycles. The van der Waals surface area contributed by atoms with Crippen LogP contribution in [0, 0.1) is 0 Å². The van der Waals surface area contributed by atoms with Crippen LogP contribution in [0.25, 0.3) is 0 Å². The fourth-order valence-corrected chi connectivity index (χ4v) is 4.34. The first-order valence-corrected chi connectivity index (χ1v) is 10.9. The van der Waals surface area contributed by atoms with Gasteiger partial charge in [-0.15, -0.1) is 0 Å². The lowest BCUT2D eigenvalue weighted by molar-refractivity contribution is -0.148. The lowest BCUT2D eigenvalue weighted by Gasteiger charge is -2.42. The molecule has 186 valence electrons. The molecular formula is C24H23F3N2O6. The van der Waals surface area contributed by atoms with E-state index < -0.39 is 35.8 Å². The summed E-state index contributed by atoms with van der Waals surface area (Å²) < 4.78 is 50.6. The number of alkyl halides is 3. The van der Waals surface area contributed by atoms with Gasteiger partial charge in [0.05, 0.1) is 29.7 Å². The molecule has 2 N–H and O–H groups in total. The van der Waals surface area contributed by atoms with Crippen molar-refractivity contribution in [2.45, 2.75) is 43.7 Å². The van der Waals surface area contributed by atoms with E-state index in [4.69, 9.17) is 14.6 Å². The molecule has 0 aliphatic carbocycles. The van der Waals surface area contributed by atoms with Crippen molar-refractivity contribution in [3.05, 3.63) is 59.2 Å². The Balaban J connectivity index is 1.53. The van der Waals surface area contributed by atoms with Crippen LogP contribution < -0.4 is 10.1 Å². The van der Waals surface area contributed by atoms with Crippen LogP contribution in [0.4, 0.5) is 18.9 Å². The predicted octanol–water partition coefficient (Wildman–Crippen LogP) is 3.81. The molecule has 2 amide bonds. The standard InChI is InChI=1S/C24H23F3N2O6/c1-29-18-7-6-16(11-21(30)31)35-20(18)12-34-19-8-5-15(10-17(19)23(29)33)28-22(32)13-3-2-4-14(9-13)24(25,26)27/h2-5,8-10,16,18,20H,6-7,11-12H2,1H3,(H,28,32)(H,30,31)/t16-,18+,20+/m1/s1. The molecule has 35 heavy (non-hydrogen) atoms. The van der Waals surface area contributed by atoms with Crippen LogP contribution in [0.1, 0.15) is 45.5 Å². The van der Waals surface area contributed by atoms with E-state index in [1.807, 2.05) is 0 Å². The third-order valence-corrected chi connectivity index (χ3v) is 6.12. The van der Waals surface area contributed by atoms with Gasteiger partial charge in [-0.05, 0) is 49.2 Å². The molecular weight excluding hydrogens is 469 g/mol. The number of ether oxygens (including phenoxy) is 2. The Labute approximate surface area is 198 Å². The van der Waals surface area contributed by atoms with Crippen LogP contribution in [0.2, 0.25) is 0 Å². The number of nitrogens with one attached hydrogen (secondary N) is 1. The van der Waals surface area contributed by atoms with Gasteiger partial charge in [0.2, 0.25) is 0 Å². The highest BCUT2D eigenvalue weighted by molar-refractivity contribution is 6.05. The van der Waals surface area contributed by atoms with Crippen molar-refractivity contribution in [1.29, 1.82) is 0 Å². The summed E-state index contributed by atoms with van der Waals surface area (Å²) in [6.07, 6.45) is -4.67. The van der Waals surface area contributed by atoms with E-state index in [0.717, 1.165) is 18.2 Å². The van der Waals surface area contributed by atoms with E-state index >= 15 is 0 Å². The summed E-state index contributed by atoms with van der Waals surface area (Å²) in [4.78, 5) is 38.3. The lowest BCUT2D eigenvalue weighted by Crippen LogP contribution is -2.53. The minimum atomic E-state index is -4.58. The number of rotatable bonds is 4. The molecule has 8 nitrogen and oxygen atoms in total. The summed E-state index contributed by atoms with van der Waals surface area (Å²) in [5.74, 6) is -1.85. The van der Waals surface area contributed by atoms with Gasteiger partial charge >= 0.3 is 12.1 Å². The van der Waals surface area contributed by atoms with Crippen LogP contribution in [-0.2, 0) is 15.7 Å². The minimum absolute atomic E-state index is 0.0986. The molecule has 2 aliphatic rings. The van der Waals surface area contributed by atoms with Gasteiger partial charge in [-0.3, -0.25) is 14.4 Å². The molecule has 3 atom stereocenters. The predicted molar refractivity (Wildman–Crippen MR) is 117 cm³/mol. The number of nitrogens with zero attached hydrogens (tertiary/aromatic N) is 1. The van der Waals surface area contributed by atoms with Crippen LogP contribution >= 0.6 is 0 Å². The zero-order chi connectivity index (χ0) is 25.3. The first kappa shape index (κ1) is 24.5.